The smallest absolute Gasteiger partial charge is 0.226 e. The van der Waals surface area contributed by atoms with Crippen molar-refractivity contribution in [2.24, 2.45) is 0 Å². The van der Waals surface area contributed by atoms with E-state index in [0.29, 0.717) is 45.4 Å². The predicted molar refractivity (Wildman–Crippen MR) is 117 cm³/mol. The van der Waals surface area contributed by atoms with Crippen molar-refractivity contribution in [1.82, 2.24) is 4.98 Å². The highest BCUT2D eigenvalue weighted by molar-refractivity contribution is 7.16. The van der Waals surface area contributed by atoms with Crippen LogP contribution >= 0.6 is 46.1 Å². The predicted octanol–water partition coefficient (Wildman–Crippen LogP) is 6.88. The lowest BCUT2D eigenvalue weighted by Crippen LogP contribution is -2.12. The minimum atomic E-state index is -0.114. The van der Waals surface area contributed by atoms with E-state index in [1.807, 2.05) is 31.2 Å². The molecule has 1 amide bonds. The van der Waals surface area contributed by atoms with Crippen molar-refractivity contribution in [3.63, 3.8) is 0 Å². The van der Waals surface area contributed by atoms with Gasteiger partial charge in [0, 0.05) is 26.9 Å². The van der Waals surface area contributed by atoms with Crippen molar-refractivity contribution in [1.29, 1.82) is 0 Å². The second kappa shape index (κ2) is 9.61. The number of nitrogens with one attached hydrogen (secondary N) is 1. The number of benzene rings is 2. The summed E-state index contributed by atoms with van der Waals surface area (Å²) < 4.78 is 5.59. The molecule has 1 aromatic heterocycles. The van der Waals surface area contributed by atoms with Crippen molar-refractivity contribution in [2.45, 2.75) is 19.8 Å². The van der Waals surface area contributed by atoms with Crippen LogP contribution in [0.3, 0.4) is 0 Å². The van der Waals surface area contributed by atoms with Crippen LogP contribution in [0.4, 0.5) is 5.13 Å². The number of carbonyl (C=O) groups excluding carboxylic acids is 1. The van der Waals surface area contributed by atoms with Crippen LogP contribution in [-0.2, 0) is 4.79 Å². The fraction of sp³-hybridized carbons (Fsp3) is 0.200. The summed E-state index contributed by atoms with van der Waals surface area (Å²) in [5, 5.41) is 5.06. The molecule has 2 aromatic carbocycles. The molecule has 1 N–H and O–H groups in total. The number of aromatic nitrogens is 1. The largest absolute Gasteiger partial charge is 0.492 e. The minimum Gasteiger partial charge on any atom is -0.492 e. The number of halogens is 3. The van der Waals surface area contributed by atoms with E-state index in [9.17, 15) is 4.79 Å². The molecular formula is C20H17Cl3N2O2S. The number of hydrogen-bond acceptors (Lipinski definition) is 4. The van der Waals surface area contributed by atoms with Crippen LogP contribution in [0.25, 0.3) is 11.3 Å². The lowest BCUT2D eigenvalue weighted by Gasteiger charge is -2.08. The van der Waals surface area contributed by atoms with E-state index in [2.05, 4.69) is 10.3 Å². The molecule has 0 aliphatic rings. The van der Waals surface area contributed by atoms with Crippen LogP contribution in [0.5, 0.6) is 5.75 Å². The molecule has 0 fully saturated rings. The quantitative estimate of drug-likeness (QED) is 0.395. The molecule has 28 heavy (non-hydrogen) atoms. The highest BCUT2D eigenvalue weighted by Gasteiger charge is 2.12. The first kappa shape index (κ1) is 20.9. The summed E-state index contributed by atoms with van der Waals surface area (Å²) in [4.78, 5) is 17.7. The standard InChI is InChI=1S/C20H17Cl3N2O2S/c1-12-19(13-4-2-5-14(21)10-13)25-20(28-12)24-18(26)6-3-9-27-17-8-7-15(22)11-16(17)23/h2,4-5,7-8,10-11H,3,6,9H2,1H3,(H,24,25,26). The molecule has 8 heteroatoms. The molecule has 4 nitrogen and oxygen atoms in total. The zero-order chi connectivity index (χ0) is 20.1. The van der Waals surface area contributed by atoms with Crippen molar-refractivity contribution in [3.05, 3.63) is 62.4 Å². The Kier molecular flexibility index (Phi) is 7.18. The number of carbonyl (C=O) groups is 1. The first-order valence-corrected chi connectivity index (χ1v) is 10.5. The number of thiazole rings is 1. The van der Waals surface area contributed by atoms with Gasteiger partial charge in [-0.15, -0.1) is 11.3 Å². The maximum absolute atomic E-state index is 12.2. The number of aryl methyl sites for hydroxylation is 1. The molecular weight excluding hydrogens is 439 g/mol. The molecule has 146 valence electrons. The molecule has 0 atom stereocenters. The van der Waals surface area contributed by atoms with E-state index in [1.54, 1.807) is 18.2 Å². The summed E-state index contributed by atoms with van der Waals surface area (Å²) in [5.41, 5.74) is 1.75. The third-order valence-electron chi connectivity index (χ3n) is 3.84. The van der Waals surface area contributed by atoms with E-state index in [-0.39, 0.29) is 5.91 Å². The lowest BCUT2D eigenvalue weighted by molar-refractivity contribution is -0.116. The Morgan fingerprint density at radius 1 is 1.14 bits per heavy atom. The fourth-order valence-corrected chi connectivity index (χ4v) is 4.05. The third kappa shape index (κ3) is 5.61. The Morgan fingerprint density at radius 2 is 1.93 bits per heavy atom. The van der Waals surface area contributed by atoms with Gasteiger partial charge in [0.25, 0.3) is 0 Å². The molecule has 3 aromatic rings. The first-order valence-electron chi connectivity index (χ1n) is 8.53. The van der Waals surface area contributed by atoms with Gasteiger partial charge in [-0.1, -0.05) is 46.9 Å². The number of anilines is 1. The normalized spacial score (nSPS) is 10.7. The number of rotatable bonds is 7. The SMILES string of the molecule is Cc1sc(NC(=O)CCCOc2ccc(Cl)cc2Cl)nc1-c1cccc(Cl)c1. The molecule has 0 aliphatic heterocycles. The Bertz CT molecular complexity index is 991. The van der Waals surface area contributed by atoms with Gasteiger partial charge in [0.05, 0.1) is 17.3 Å². The summed E-state index contributed by atoms with van der Waals surface area (Å²) in [7, 11) is 0. The van der Waals surface area contributed by atoms with Gasteiger partial charge >= 0.3 is 0 Å². The number of nitrogens with zero attached hydrogens (tertiary/aromatic N) is 1. The Morgan fingerprint density at radius 3 is 2.68 bits per heavy atom. The van der Waals surface area contributed by atoms with E-state index >= 15 is 0 Å². The van der Waals surface area contributed by atoms with Gasteiger partial charge in [-0.25, -0.2) is 4.98 Å². The molecule has 0 radical (unpaired) electrons. The molecule has 0 unspecified atom stereocenters. The van der Waals surface area contributed by atoms with Crippen LogP contribution in [0, 0.1) is 6.92 Å². The van der Waals surface area contributed by atoms with Crippen LogP contribution in [-0.4, -0.2) is 17.5 Å². The van der Waals surface area contributed by atoms with Crippen LogP contribution in [0.2, 0.25) is 15.1 Å². The summed E-state index contributed by atoms with van der Waals surface area (Å²) in [6.45, 7) is 2.34. The van der Waals surface area contributed by atoms with Crippen LogP contribution < -0.4 is 10.1 Å². The second-order valence-corrected chi connectivity index (χ2v) is 8.49. The fourth-order valence-electron chi connectivity index (χ4n) is 2.54. The molecule has 0 spiro atoms. The zero-order valence-corrected chi connectivity index (χ0v) is 18.1. The highest BCUT2D eigenvalue weighted by Crippen LogP contribution is 2.31. The summed E-state index contributed by atoms with van der Waals surface area (Å²) in [6, 6.07) is 12.5. The third-order valence-corrected chi connectivity index (χ3v) is 5.49. The average Bonchev–Trinajstić information content (AvgIpc) is 3.00. The van der Waals surface area contributed by atoms with Gasteiger partial charge in [-0.3, -0.25) is 4.79 Å². The summed E-state index contributed by atoms with van der Waals surface area (Å²) in [6.07, 6.45) is 0.868. The lowest BCUT2D eigenvalue weighted by atomic mass is 10.1. The average molecular weight is 456 g/mol. The Balaban J connectivity index is 1.50. The minimum absolute atomic E-state index is 0.114. The topological polar surface area (TPSA) is 51.2 Å². The number of ether oxygens (including phenoxy) is 1. The van der Waals surface area contributed by atoms with Crippen molar-refractivity contribution in [2.75, 3.05) is 11.9 Å². The molecule has 0 bridgehead atoms. The van der Waals surface area contributed by atoms with Gasteiger partial charge in [0.15, 0.2) is 5.13 Å². The molecule has 1 heterocycles. The Labute approximate surface area is 182 Å². The van der Waals surface area contributed by atoms with E-state index < -0.39 is 0 Å². The van der Waals surface area contributed by atoms with Crippen molar-refractivity contribution < 1.29 is 9.53 Å². The van der Waals surface area contributed by atoms with Gasteiger partial charge in [0.2, 0.25) is 5.91 Å². The molecule has 0 saturated heterocycles. The van der Waals surface area contributed by atoms with Gasteiger partial charge in [-0.05, 0) is 43.7 Å². The molecule has 0 saturated carbocycles. The molecule has 3 rings (SSSR count). The monoisotopic (exact) mass is 454 g/mol. The van der Waals surface area contributed by atoms with E-state index in [0.717, 1.165) is 16.1 Å². The maximum Gasteiger partial charge on any atom is 0.226 e. The summed E-state index contributed by atoms with van der Waals surface area (Å²) >= 11 is 19.4. The zero-order valence-electron chi connectivity index (χ0n) is 15.0. The number of hydrogen-bond donors (Lipinski definition) is 1. The maximum atomic E-state index is 12.2. The van der Waals surface area contributed by atoms with Crippen LogP contribution in [0.15, 0.2) is 42.5 Å². The van der Waals surface area contributed by atoms with Gasteiger partial charge in [0.1, 0.15) is 5.75 Å². The van der Waals surface area contributed by atoms with Crippen LogP contribution in [0.1, 0.15) is 17.7 Å². The number of amides is 1. The summed E-state index contributed by atoms with van der Waals surface area (Å²) in [5.74, 6) is 0.436. The van der Waals surface area contributed by atoms with E-state index in [1.165, 1.54) is 11.3 Å². The van der Waals surface area contributed by atoms with Gasteiger partial charge in [-0.2, -0.15) is 0 Å². The second-order valence-electron chi connectivity index (χ2n) is 6.01. The molecule has 0 aliphatic carbocycles. The van der Waals surface area contributed by atoms with E-state index in [4.69, 9.17) is 39.5 Å². The highest BCUT2D eigenvalue weighted by atomic mass is 35.5. The van der Waals surface area contributed by atoms with Crippen molar-refractivity contribution >= 4 is 57.2 Å². The van der Waals surface area contributed by atoms with Crippen molar-refractivity contribution in [3.8, 4) is 17.0 Å². The van der Waals surface area contributed by atoms with Gasteiger partial charge < -0.3 is 10.1 Å². The Hall–Kier alpha value is -1.79. The first-order chi connectivity index (χ1) is 13.4.